The van der Waals surface area contributed by atoms with Crippen molar-refractivity contribution in [2.45, 2.75) is 38.1 Å². The molecule has 0 radical (unpaired) electrons. The van der Waals surface area contributed by atoms with Gasteiger partial charge in [0, 0.05) is 24.3 Å². The summed E-state index contributed by atoms with van der Waals surface area (Å²) in [6.07, 6.45) is 1.33. The lowest BCUT2D eigenvalue weighted by Gasteiger charge is -2.44. The Morgan fingerprint density at radius 1 is 1.38 bits per heavy atom. The number of nitrogens with one attached hydrogen (secondary N) is 1. The van der Waals surface area contributed by atoms with Crippen LogP contribution in [0, 0.1) is 5.82 Å². The number of ether oxygens (including phenoxy) is 1. The van der Waals surface area contributed by atoms with Crippen LogP contribution >= 0.6 is 34.6 Å². The fourth-order valence-electron chi connectivity index (χ4n) is 4.80. The number of carbonyl (C=O) groups excluding carboxylic acids is 2. The molecular formula is C21H18ClFIN3O5. The molecule has 1 aromatic carbocycles. The van der Waals surface area contributed by atoms with E-state index in [0.717, 1.165) is 0 Å². The first-order valence-electron chi connectivity index (χ1n) is 10.2. The number of pyridine rings is 1. The summed E-state index contributed by atoms with van der Waals surface area (Å²) in [5.74, 6) is -1.80. The molecule has 8 nitrogen and oxygen atoms in total. The molecule has 11 heteroatoms. The molecule has 3 aliphatic rings. The van der Waals surface area contributed by atoms with Crippen LogP contribution in [-0.4, -0.2) is 40.7 Å². The minimum Gasteiger partial charge on any atom is -0.421 e. The van der Waals surface area contributed by atoms with E-state index in [1.54, 1.807) is 38.5 Å². The summed E-state index contributed by atoms with van der Waals surface area (Å²) in [7, 11) is 0. The molecule has 1 fully saturated rings. The first-order valence-corrected chi connectivity index (χ1v) is 11.4. The number of fused-ring (bicyclic) bond motifs is 2. The highest BCUT2D eigenvalue weighted by Crippen LogP contribution is 2.42. The van der Waals surface area contributed by atoms with E-state index >= 15 is 0 Å². The van der Waals surface area contributed by atoms with Gasteiger partial charge in [0.2, 0.25) is 11.2 Å². The van der Waals surface area contributed by atoms with E-state index in [4.69, 9.17) is 19.4 Å². The van der Waals surface area contributed by atoms with Gasteiger partial charge in [0.1, 0.15) is 11.4 Å². The zero-order valence-electron chi connectivity index (χ0n) is 16.7. The van der Waals surface area contributed by atoms with E-state index in [9.17, 15) is 18.8 Å². The van der Waals surface area contributed by atoms with E-state index in [2.05, 4.69) is 5.32 Å². The normalized spacial score (nSPS) is 21.2. The first kappa shape index (κ1) is 21.7. The van der Waals surface area contributed by atoms with Gasteiger partial charge >= 0.3 is 0 Å². The molecule has 3 aliphatic heterocycles. The molecule has 2 atom stereocenters. The minimum atomic E-state index is -0.658. The van der Waals surface area contributed by atoms with Crippen LogP contribution in [0.2, 0.25) is 5.02 Å². The Morgan fingerprint density at radius 2 is 2.19 bits per heavy atom. The van der Waals surface area contributed by atoms with E-state index in [-0.39, 0.29) is 46.1 Å². The lowest BCUT2D eigenvalue weighted by molar-refractivity contribution is -0.109. The Balaban J connectivity index is 1.57. The molecular weight excluding hydrogens is 556 g/mol. The maximum atomic E-state index is 14.2. The minimum absolute atomic E-state index is 0.0526. The summed E-state index contributed by atoms with van der Waals surface area (Å²) in [5.41, 5.74) is 0.0713. The van der Waals surface area contributed by atoms with Crippen LogP contribution in [0.4, 0.5) is 4.39 Å². The molecule has 0 saturated carbocycles. The number of hydrogen-bond acceptors (Lipinski definition) is 5. The number of halogens is 3. The fourth-order valence-corrected chi connectivity index (χ4v) is 5.40. The molecule has 168 valence electrons. The quantitative estimate of drug-likeness (QED) is 0.569. The molecule has 0 unspecified atom stereocenters. The van der Waals surface area contributed by atoms with Crippen molar-refractivity contribution in [2.75, 3.05) is 13.2 Å². The van der Waals surface area contributed by atoms with Crippen molar-refractivity contribution >= 4 is 46.4 Å². The smallest absolute Gasteiger partial charge is 0.276 e. The number of nitrogens with zero attached hydrogens (tertiary/aromatic N) is 2. The number of hydrogen-bond donors (Lipinski definition) is 1. The molecule has 1 N–H and O–H groups in total. The average molecular weight is 574 g/mol. The largest absolute Gasteiger partial charge is 0.421 e. The Kier molecular flexibility index (Phi) is 5.62. The van der Waals surface area contributed by atoms with Gasteiger partial charge in [0.15, 0.2) is 34.9 Å². The predicted molar refractivity (Wildman–Crippen MR) is 121 cm³/mol. The van der Waals surface area contributed by atoms with Crippen LogP contribution in [0.1, 0.15) is 51.0 Å². The highest BCUT2D eigenvalue weighted by Gasteiger charge is 2.48. The second-order valence-corrected chi connectivity index (χ2v) is 8.74. The van der Waals surface area contributed by atoms with Gasteiger partial charge < -0.3 is 22.6 Å². The predicted octanol–water partition coefficient (Wildman–Crippen LogP) is 2.99. The Bertz CT molecular complexity index is 1200. The van der Waals surface area contributed by atoms with Crippen LogP contribution in [0.5, 0.6) is 5.75 Å². The second-order valence-electron chi connectivity index (χ2n) is 7.89. The van der Waals surface area contributed by atoms with Gasteiger partial charge in [0.05, 0.1) is 17.7 Å². The summed E-state index contributed by atoms with van der Waals surface area (Å²) in [6, 6.07) is 4.29. The van der Waals surface area contributed by atoms with Gasteiger partial charge in [-0.15, -0.1) is 0 Å². The van der Waals surface area contributed by atoms with Crippen molar-refractivity contribution in [2.24, 2.45) is 0 Å². The zero-order chi connectivity index (χ0) is 22.6. The second kappa shape index (κ2) is 8.31. The van der Waals surface area contributed by atoms with E-state index < -0.39 is 23.4 Å². The third-order valence-corrected chi connectivity index (χ3v) is 6.92. The van der Waals surface area contributed by atoms with Gasteiger partial charge in [-0.3, -0.25) is 14.4 Å². The molecule has 2 aromatic rings. The van der Waals surface area contributed by atoms with Crippen molar-refractivity contribution < 1.29 is 21.8 Å². The van der Waals surface area contributed by atoms with Crippen LogP contribution in [-0.2, 0) is 17.7 Å². The van der Waals surface area contributed by atoms with Crippen LogP contribution in [0.25, 0.3) is 0 Å². The van der Waals surface area contributed by atoms with Crippen LogP contribution in [0.3, 0.4) is 0 Å². The summed E-state index contributed by atoms with van der Waals surface area (Å²) in [4.78, 5) is 41.2. The van der Waals surface area contributed by atoms with Crippen molar-refractivity contribution in [1.29, 1.82) is 0 Å². The zero-order valence-corrected chi connectivity index (χ0v) is 19.6. The Labute approximate surface area is 201 Å². The van der Waals surface area contributed by atoms with Gasteiger partial charge in [0.25, 0.3) is 11.8 Å². The lowest BCUT2D eigenvalue weighted by atomic mass is 10.1. The average Bonchev–Trinajstić information content (AvgIpc) is 3.22. The van der Waals surface area contributed by atoms with Gasteiger partial charge in [-0.25, -0.2) is 4.39 Å². The SMILES string of the molecule is O=C(NCc1cccc(Cl)c1F)c1c2n3c(c(OI)c1=O)C(=O)N1CCCO[C@H]1[C@H]3CC2. The highest BCUT2D eigenvalue weighted by atomic mass is 127. The number of amides is 2. The maximum absolute atomic E-state index is 14.2. The monoisotopic (exact) mass is 573 g/mol. The van der Waals surface area contributed by atoms with E-state index in [1.165, 1.54) is 12.1 Å². The summed E-state index contributed by atoms with van der Waals surface area (Å²) >= 11 is 7.36. The van der Waals surface area contributed by atoms with Crippen molar-refractivity contribution in [3.05, 3.63) is 61.8 Å². The molecule has 0 aliphatic carbocycles. The molecule has 32 heavy (non-hydrogen) atoms. The number of aromatic nitrogens is 1. The summed E-state index contributed by atoms with van der Waals surface area (Å²) < 4.78 is 27.1. The third kappa shape index (κ3) is 3.22. The Hall–Kier alpha value is -2.18. The number of carbonyl (C=O) groups is 2. The fraction of sp³-hybridized carbons (Fsp3) is 0.381. The molecule has 2 amide bonds. The van der Waals surface area contributed by atoms with Crippen molar-refractivity contribution in [3.63, 3.8) is 0 Å². The third-order valence-electron chi connectivity index (χ3n) is 6.18. The first-order chi connectivity index (χ1) is 15.4. The topological polar surface area (TPSA) is 89.9 Å². The lowest BCUT2D eigenvalue weighted by Crippen LogP contribution is -2.55. The van der Waals surface area contributed by atoms with Gasteiger partial charge in [-0.2, -0.15) is 0 Å². The Morgan fingerprint density at radius 3 is 2.97 bits per heavy atom. The number of benzene rings is 1. The molecule has 0 bridgehead atoms. The van der Waals surface area contributed by atoms with E-state index in [0.29, 0.717) is 38.1 Å². The molecule has 0 spiro atoms. The molecule has 1 aromatic heterocycles. The van der Waals surface area contributed by atoms with Crippen molar-refractivity contribution in [1.82, 2.24) is 14.8 Å². The molecule has 5 rings (SSSR count). The van der Waals surface area contributed by atoms with Gasteiger partial charge in [-0.05, 0) is 25.3 Å². The van der Waals surface area contributed by atoms with Crippen molar-refractivity contribution in [3.8, 4) is 5.75 Å². The number of rotatable bonds is 4. The van der Waals surface area contributed by atoms with Crippen LogP contribution < -0.4 is 13.8 Å². The summed E-state index contributed by atoms with van der Waals surface area (Å²) in [6.45, 7) is 0.940. The standard InChI is InChI=1S/C21H18ClFIN3O5/c22-11-4-1-3-10(15(11)23)9-25-19(29)14-12-5-6-13-21-26(7-2-8-31-21)20(30)16(27(12)13)18(32-24)17(14)28/h1,3-4,13,21H,2,5-9H2,(H,25,29)/t13-,21+/m1/s1. The highest BCUT2D eigenvalue weighted by molar-refractivity contribution is 14.1. The van der Waals surface area contributed by atoms with Crippen LogP contribution in [0.15, 0.2) is 23.0 Å². The molecule has 4 heterocycles. The molecule has 1 saturated heterocycles. The maximum Gasteiger partial charge on any atom is 0.276 e. The van der Waals surface area contributed by atoms with Gasteiger partial charge in [-0.1, -0.05) is 23.7 Å². The van der Waals surface area contributed by atoms with E-state index in [1.807, 2.05) is 0 Å². The summed E-state index contributed by atoms with van der Waals surface area (Å²) in [5, 5.41) is 2.55.